The number of hydrogen-bond donors (Lipinski definition) is 1. The number of carboxylic acids is 1. The van der Waals surface area contributed by atoms with E-state index in [1.165, 1.54) is 11.8 Å². The molecule has 1 rings (SSSR count). The van der Waals surface area contributed by atoms with Gasteiger partial charge >= 0.3 is 5.97 Å². The fourth-order valence-electron chi connectivity index (χ4n) is 1.74. The summed E-state index contributed by atoms with van der Waals surface area (Å²) in [6.07, 6.45) is 0.842. The van der Waals surface area contributed by atoms with Crippen LogP contribution in [0.5, 0.6) is 0 Å². The number of nitrogens with zero attached hydrogens (tertiary/aromatic N) is 3. The Hall–Kier alpha value is -1.08. The highest BCUT2D eigenvalue weighted by atomic mass is 32.2. The summed E-state index contributed by atoms with van der Waals surface area (Å²) in [5.74, 6) is 0.274. The molecule has 6 nitrogen and oxygen atoms in total. The van der Waals surface area contributed by atoms with E-state index in [4.69, 9.17) is 9.84 Å². The second-order valence-corrected chi connectivity index (χ2v) is 5.62. The minimum Gasteiger partial charge on any atom is -0.481 e. The first-order valence-corrected chi connectivity index (χ1v) is 7.24. The van der Waals surface area contributed by atoms with Crippen LogP contribution >= 0.6 is 11.8 Å². The lowest BCUT2D eigenvalue weighted by atomic mass is 10.2. The third-order valence-electron chi connectivity index (χ3n) is 2.71. The maximum Gasteiger partial charge on any atom is 0.313 e. The molecule has 1 aromatic rings. The summed E-state index contributed by atoms with van der Waals surface area (Å²) in [4.78, 5) is 10.7. The molecule has 1 heterocycles. The Kier molecular flexibility index (Phi) is 6.30. The summed E-state index contributed by atoms with van der Waals surface area (Å²) < 4.78 is 7.12. The zero-order valence-electron chi connectivity index (χ0n) is 11.8. The first-order valence-electron chi connectivity index (χ1n) is 6.25. The molecule has 0 amide bonds. The summed E-state index contributed by atoms with van der Waals surface area (Å²) in [6.45, 7) is 6.82. The topological polar surface area (TPSA) is 77.2 Å². The van der Waals surface area contributed by atoms with E-state index < -0.39 is 5.97 Å². The minimum atomic E-state index is -0.852. The Labute approximate surface area is 117 Å². The Morgan fingerprint density at radius 1 is 1.42 bits per heavy atom. The van der Waals surface area contributed by atoms with E-state index in [1.54, 1.807) is 7.11 Å². The highest BCUT2D eigenvalue weighted by Crippen LogP contribution is 2.26. The summed E-state index contributed by atoms with van der Waals surface area (Å²) in [7, 11) is 1.67. The van der Waals surface area contributed by atoms with Crippen molar-refractivity contribution in [2.45, 2.75) is 44.3 Å². The molecule has 1 aromatic heterocycles. The smallest absolute Gasteiger partial charge is 0.313 e. The largest absolute Gasteiger partial charge is 0.481 e. The van der Waals surface area contributed by atoms with E-state index in [-0.39, 0.29) is 17.7 Å². The Bertz CT molecular complexity index is 420. The van der Waals surface area contributed by atoms with E-state index in [9.17, 15) is 4.79 Å². The van der Waals surface area contributed by atoms with Gasteiger partial charge in [0.15, 0.2) is 5.16 Å². The normalized spacial score (nSPS) is 12.9. The average molecular weight is 287 g/mol. The van der Waals surface area contributed by atoms with E-state index in [0.717, 1.165) is 12.2 Å². The molecule has 0 saturated heterocycles. The lowest BCUT2D eigenvalue weighted by Crippen LogP contribution is -2.14. The van der Waals surface area contributed by atoms with Gasteiger partial charge in [0, 0.05) is 25.7 Å². The van der Waals surface area contributed by atoms with E-state index in [1.807, 2.05) is 4.57 Å². The summed E-state index contributed by atoms with van der Waals surface area (Å²) >= 11 is 1.20. The molecular formula is C12H21N3O3S. The molecule has 0 aliphatic heterocycles. The number of aliphatic carboxylic acids is 1. The zero-order valence-corrected chi connectivity index (χ0v) is 12.6. The zero-order chi connectivity index (χ0) is 14.4. The molecule has 1 atom stereocenters. The van der Waals surface area contributed by atoms with Gasteiger partial charge in [-0.15, -0.1) is 10.2 Å². The second-order valence-electron chi connectivity index (χ2n) is 4.68. The van der Waals surface area contributed by atoms with Crippen molar-refractivity contribution in [2.24, 2.45) is 0 Å². The van der Waals surface area contributed by atoms with Crippen LogP contribution in [0.15, 0.2) is 5.16 Å². The van der Waals surface area contributed by atoms with Gasteiger partial charge in [0.05, 0.1) is 5.75 Å². The highest BCUT2D eigenvalue weighted by molar-refractivity contribution is 7.99. The summed E-state index contributed by atoms with van der Waals surface area (Å²) in [5, 5.41) is 17.7. The molecule has 1 unspecified atom stereocenters. The van der Waals surface area contributed by atoms with Crippen molar-refractivity contribution >= 4 is 17.7 Å². The van der Waals surface area contributed by atoms with Crippen LogP contribution < -0.4 is 0 Å². The van der Waals surface area contributed by atoms with Crippen LogP contribution in [-0.2, 0) is 9.53 Å². The standard InChI is InChI=1S/C12H21N3O3S/c1-8(2)11-13-14-12(19-7-10(16)17)15(11)9(3)5-6-18-4/h8-9H,5-7H2,1-4H3,(H,16,17). The number of aromatic nitrogens is 3. The van der Waals surface area contributed by atoms with Crippen LogP contribution in [0.25, 0.3) is 0 Å². The van der Waals surface area contributed by atoms with Crippen molar-refractivity contribution in [3.63, 3.8) is 0 Å². The van der Waals surface area contributed by atoms with Gasteiger partial charge in [-0.25, -0.2) is 0 Å². The monoisotopic (exact) mass is 287 g/mol. The number of carbonyl (C=O) groups is 1. The van der Waals surface area contributed by atoms with Gasteiger partial charge in [-0.1, -0.05) is 25.6 Å². The first kappa shape index (κ1) is 16.0. The van der Waals surface area contributed by atoms with Gasteiger partial charge in [0.25, 0.3) is 0 Å². The molecule has 19 heavy (non-hydrogen) atoms. The van der Waals surface area contributed by atoms with Crippen molar-refractivity contribution in [3.05, 3.63) is 5.82 Å². The first-order chi connectivity index (χ1) is 8.97. The van der Waals surface area contributed by atoms with Gasteiger partial charge in [-0.2, -0.15) is 0 Å². The number of rotatable bonds is 8. The van der Waals surface area contributed by atoms with E-state index >= 15 is 0 Å². The lowest BCUT2D eigenvalue weighted by Gasteiger charge is -2.18. The summed E-state index contributed by atoms with van der Waals surface area (Å²) in [5.41, 5.74) is 0. The number of hydrogen-bond acceptors (Lipinski definition) is 5. The predicted molar refractivity (Wildman–Crippen MR) is 73.7 cm³/mol. The van der Waals surface area contributed by atoms with Crippen LogP contribution in [-0.4, -0.2) is 45.3 Å². The molecular weight excluding hydrogens is 266 g/mol. The molecule has 0 fully saturated rings. The molecule has 1 N–H and O–H groups in total. The molecule has 7 heteroatoms. The van der Waals surface area contributed by atoms with Crippen LogP contribution in [0.1, 0.15) is 45.0 Å². The Balaban J connectivity index is 2.93. The number of carboxylic acid groups (broad SMARTS) is 1. The van der Waals surface area contributed by atoms with Gasteiger partial charge in [0.2, 0.25) is 0 Å². The van der Waals surface area contributed by atoms with Crippen molar-refractivity contribution in [1.82, 2.24) is 14.8 Å². The molecule has 0 aromatic carbocycles. The van der Waals surface area contributed by atoms with Crippen LogP contribution in [0.4, 0.5) is 0 Å². The van der Waals surface area contributed by atoms with Crippen LogP contribution in [0.2, 0.25) is 0 Å². The SMILES string of the molecule is COCCC(C)n1c(SCC(=O)O)nnc1C(C)C. The number of thioether (sulfide) groups is 1. The molecule has 0 bridgehead atoms. The third-order valence-corrected chi connectivity index (χ3v) is 3.64. The maximum absolute atomic E-state index is 10.7. The molecule has 0 aliphatic carbocycles. The molecule has 0 aliphatic rings. The van der Waals surface area contributed by atoms with Crippen molar-refractivity contribution < 1.29 is 14.6 Å². The van der Waals surface area contributed by atoms with E-state index in [0.29, 0.717) is 11.8 Å². The van der Waals surface area contributed by atoms with Crippen LogP contribution in [0.3, 0.4) is 0 Å². The van der Waals surface area contributed by atoms with Gasteiger partial charge in [0.1, 0.15) is 5.82 Å². The lowest BCUT2D eigenvalue weighted by molar-refractivity contribution is -0.133. The van der Waals surface area contributed by atoms with Crippen molar-refractivity contribution in [2.75, 3.05) is 19.5 Å². The van der Waals surface area contributed by atoms with Crippen molar-refractivity contribution in [3.8, 4) is 0 Å². The molecule has 0 saturated carbocycles. The predicted octanol–water partition coefficient (Wildman–Crippen LogP) is 2.18. The molecule has 0 radical (unpaired) electrons. The minimum absolute atomic E-state index is 0.00672. The van der Waals surface area contributed by atoms with Crippen LogP contribution in [0, 0.1) is 0 Å². The van der Waals surface area contributed by atoms with Gasteiger partial charge in [-0.3, -0.25) is 4.79 Å². The quantitative estimate of drug-likeness (QED) is 0.738. The average Bonchev–Trinajstić information content (AvgIpc) is 2.77. The fraction of sp³-hybridized carbons (Fsp3) is 0.750. The van der Waals surface area contributed by atoms with Crippen molar-refractivity contribution in [1.29, 1.82) is 0 Å². The number of methoxy groups -OCH3 is 1. The highest BCUT2D eigenvalue weighted by Gasteiger charge is 2.20. The summed E-state index contributed by atoms with van der Waals surface area (Å²) in [6, 6.07) is 0.184. The Morgan fingerprint density at radius 2 is 2.11 bits per heavy atom. The molecule has 0 spiro atoms. The fourth-order valence-corrected chi connectivity index (χ4v) is 2.50. The van der Waals surface area contributed by atoms with Gasteiger partial charge < -0.3 is 14.4 Å². The second kappa shape index (κ2) is 7.49. The molecule has 108 valence electrons. The number of ether oxygens (including phenoxy) is 1. The van der Waals surface area contributed by atoms with E-state index in [2.05, 4.69) is 31.0 Å². The van der Waals surface area contributed by atoms with Gasteiger partial charge in [-0.05, 0) is 13.3 Å². The Morgan fingerprint density at radius 3 is 2.63 bits per heavy atom. The third kappa shape index (κ3) is 4.50. The maximum atomic E-state index is 10.7.